The molecule has 0 saturated heterocycles. The Bertz CT molecular complexity index is 1650. The minimum atomic E-state index is -4.22. The van der Waals surface area contributed by atoms with Crippen molar-refractivity contribution in [1.29, 1.82) is 0 Å². The van der Waals surface area contributed by atoms with Crippen molar-refractivity contribution in [1.82, 2.24) is 10.2 Å². The lowest BCUT2D eigenvalue weighted by atomic mass is 10.0. The number of benzene rings is 4. The lowest BCUT2D eigenvalue weighted by Gasteiger charge is -2.33. The summed E-state index contributed by atoms with van der Waals surface area (Å²) >= 11 is 3.39. The zero-order valence-electron chi connectivity index (χ0n) is 23.2. The molecule has 4 aromatic rings. The van der Waals surface area contributed by atoms with Crippen LogP contribution in [0.3, 0.4) is 0 Å². The molecule has 0 fully saturated rings. The molecule has 0 heterocycles. The van der Waals surface area contributed by atoms with E-state index in [9.17, 15) is 22.4 Å². The predicted octanol–water partition coefficient (Wildman–Crippen LogP) is 5.48. The fourth-order valence-corrected chi connectivity index (χ4v) is 6.32. The van der Waals surface area contributed by atoms with E-state index in [2.05, 4.69) is 21.2 Å². The van der Waals surface area contributed by atoms with Crippen molar-refractivity contribution < 1.29 is 22.4 Å². The SMILES string of the molecule is CNC(=O)[C@H](Cc1ccccc1)N(Cc1ccccc1F)C(=O)CN(c1cccc(Br)c1)S(=O)(=O)c1ccc(C)cc1. The number of anilines is 1. The van der Waals surface area contributed by atoms with Crippen molar-refractivity contribution in [2.75, 3.05) is 17.9 Å². The molecule has 0 saturated carbocycles. The highest BCUT2D eigenvalue weighted by molar-refractivity contribution is 9.10. The molecule has 0 radical (unpaired) electrons. The number of amides is 2. The van der Waals surface area contributed by atoms with Gasteiger partial charge in [-0.2, -0.15) is 0 Å². The number of nitrogens with zero attached hydrogens (tertiary/aromatic N) is 2. The molecule has 1 N–H and O–H groups in total. The highest BCUT2D eigenvalue weighted by Gasteiger charge is 2.34. The van der Waals surface area contributed by atoms with Gasteiger partial charge in [-0.15, -0.1) is 0 Å². The van der Waals surface area contributed by atoms with Gasteiger partial charge in [-0.05, 0) is 48.9 Å². The minimum absolute atomic E-state index is 0.00802. The van der Waals surface area contributed by atoms with E-state index in [1.807, 2.05) is 37.3 Å². The third kappa shape index (κ3) is 7.43. The highest BCUT2D eigenvalue weighted by Crippen LogP contribution is 2.27. The number of carbonyl (C=O) groups is 2. The Kier molecular flexibility index (Phi) is 10.1. The van der Waals surface area contributed by atoms with Gasteiger partial charge in [-0.1, -0.05) is 88.2 Å². The zero-order valence-corrected chi connectivity index (χ0v) is 25.6. The van der Waals surface area contributed by atoms with Crippen LogP contribution in [0.25, 0.3) is 0 Å². The van der Waals surface area contributed by atoms with Crippen LogP contribution < -0.4 is 9.62 Å². The van der Waals surface area contributed by atoms with Gasteiger partial charge in [0.15, 0.2) is 0 Å². The summed E-state index contributed by atoms with van der Waals surface area (Å²) < 4.78 is 44.4. The average Bonchev–Trinajstić information content (AvgIpc) is 2.98. The van der Waals surface area contributed by atoms with Crippen LogP contribution >= 0.6 is 15.9 Å². The van der Waals surface area contributed by atoms with Crippen LogP contribution in [0.15, 0.2) is 112 Å². The quantitative estimate of drug-likeness (QED) is 0.233. The van der Waals surface area contributed by atoms with Gasteiger partial charge in [0, 0.05) is 30.0 Å². The fourth-order valence-electron chi connectivity index (χ4n) is 4.53. The number of likely N-dealkylation sites (N-methyl/N-ethyl adjacent to an activating group) is 1. The molecule has 4 aromatic carbocycles. The van der Waals surface area contributed by atoms with Gasteiger partial charge in [0.05, 0.1) is 10.6 Å². The monoisotopic (exact) mass is 651 g/mol. The van der Waals surface area contributed by atoms with Crippen molar-refractivity contribution in [3.63, 3.8) is 0 Å². The molecule has 218 valence electrons. The summed E-state index contributed by atoms with van der Waals surface area (Å²) in [7, 11) is -2.76. The molecule has 0 aliphatic rings. The molecule has 7 nitrogen and oxygen atoms in total. The molecule has 10 heteroatoms. The summed E-state index contributed by atoms with van der Waals surface area (Å²) in [6, 6.07) is 27.0. The van der Waals surface area contributed by atoms with Crippen LogP contribution in [0.4, 0.5) is 10.1 Å². The standard InChI is InChI=1S/C32H31BrFN3O4S/c1-23-15-17-28(18-16-23)42(40,41)37(27-13-8-12-26(33)20-27)22-31(38)36(21-25-11-6-7-14-29(25)34)30(32(39)35-2)19-24-9-4-3-5-10-24/h3-18,20,30H,19,21-22H2,1-2H3,(H,35,39)/t30-/m0/s1. The second kappa shape index (κ2) is 13.8. The fraction of sp³-hybridized carbons (Fsp3) is 0.188. The van der Waals surface area contributed by atoms with Crippen molar-refractivity contribution in [2.24, 2.45) is 0 Å². The number of rotatable bonds is 11. The smallest absolute Gasteiger partial charge is 0.264 e. The molecule has 0 aliphatic heterocycles. The van der Waals surface area contributed by atoms with Gasteiger partial charge in [0.2, 0.25) is 11.8 Å². The van der Waals surface area contributed by atoms with E-state index in [4.69, 9.17) is 0 Å². The Hall–Kier alpha value is -4.02. The second-order valence-electron chi connectivity index (χ2n) is 9.74. The molecule has 0 aliphatic carbocycles. The van der Waals surface area contributed by atoms with Gasteiger partial charge in [-0.25, -0.2) is 12.8 Å². The van der Waals surface area contributed by atoms with Crippen LogP contribution in [0, 0.1) is 12.7 Å². The minimum Gasteiger partial charge on any atom is -0.357 e. The third-order valence-corrected chi connectivity index (χ3v) is 9.08. The van der Waals surface area contributed by atoms with Crippen LogP contribution in [0.2, 0.25) is 0 Å². The second-order valence-corrected chi connectivity index (χ2v) is 12.5. The van der Waals surface area contributed by atoms with Crippen LogP contribution in [0.5, 0.6) is 0 Å². The van der Waals surface area contributed by atoms with E-state index < -0.39 is 40.2 Å². The molecular weight excluding hydrogens is 621 g/mol. The molecular formula is C32H31BrFN3O4S. The number of nitrogens with one attached hydrogen (secondary N) is 1. The molecule has 0 unspecified atom stereocenters. The number of hydrogen-bond donors (Lipinski definition) is 1. The number of halogens is 2. The Morgan fingerprint density at radius 1 is 0.905 bits per heavy atom. The van der Waals surface area contributed by atoms with Gasteiger partial charge >= 0.3 is 0 Å². The lowest BCUT2D eigenvalue weighted by Crippen LogP contribution is -2.53. The Morgan fingerprint density at radius 2 is 1.57 bits per heavy atom. The molecule has 1 atom stereocenters. The van der Waals surface area contributed by atoms with Gasteiger partial charge in [0.1, 0.15) is 18.4 Å². The average molecular weight is 653 g/mol. The van der Waals surface area contributed by atoms with Crippen molar-refractivity contribution in [3.8, 4) is 0 Å². The summed E-state index contributed by atoms with van der Waals surface area (Å²) in [5.41, 5.74) is 2.12. The third-order valence-electron chi connectivity index (χ3n) is 6.80. The molecule has 0 spiro atoms. The van der Waals surface area contributed by atoms with Crippen LogP contribution in [-0.4, -0.2) is 44.8 Å². The zero-order chi connectivity index (χ0) is 30.3. The van der Waals surface area contributed by atoms with E-state index in [1.54, 1.807) is 42.5 Å². The Balaban J connectivity index is 1.80. The topological polar surface area (TPSA) is 86.8 Å². The molecule has 0 bridgehead atoms. The first-order valence-corrected chi connectivity index (χ1v) is 15.5. The predicted molar refractivity (Wildman–Crippen MR) is 165 cm³/mol. The van der Waals surface area contributed by atoms with Crippen molar-refractivity contribution in [2.45, 2.75) is 30.8 Å². The molecule has 4 rings (SSSR count). The van der Waals surface area contributed by atoms with Crippen LogP contribution in [-0.2, 0) is 32.6 Å². The van der Waals surface area contributed by atoms with E-state index in [0.717, 1.165) is 15.4 Å². The summed E-state index contributed by atoms with van der Waals surface area (Å²) in [5.74, 6) is -1.67. The Labute approximate surface area is 254 Å². The van der Waals surface area contributed by atoms with Gasteiger partial charge in [-0.3, -0.25) is 13.9 Å². The van der Waals surface area contributed by atoms with E-state index in [-0.39, 0.29) is 29.1 Å². The summed E-state index contributed by atoms with van der Waals surface area (Å²) in [5, 5.41) is 2.61. The van der Waals surface area contributed by atoms with Gasteiger partial charge in [0.25, 0.3) is 10.0 Å². The summed E-state index contributed by atoms with van der Waals surface area (Å²) in [6.45, 7) is 0.981. The molecule has 42 heavy (non-hydrogen) atoms. The Morgan fingerprint density at radius 3 is 2.21 bits per heavy atom. The number of sulfonamides is 1. The first-order chi connectivity index (χ1) is 20.1. The summed E-state index contributed by atoms with van der Waals surface area (Å²) in [6.07, 6.45) is 0.141. The largest absolute Gasteiger partial charge is 0.357 e. The van der Waals surface area contributed by atoms with E-state index >= 15 is 0 Å². The van der Waals surface area contributed by atoms with Crippen molar-refractivity contribution in [3.05, 3.63) is 130 Å². The van der Waals surface area contributed by atoms with E-state index in [1.165, 1.54) is 42.3 Å². The maximum absolute atomic E-state index is 14.9. The normalized spacial score (nSPS) is 11.9. The first kappa shape index (κ1) is 30.9. The molecule has 2 amide bonds. The van der Waals surface area contributed by atoms with Crippen molar-refractivity contribution >= 4 is 43.5 Å². The molecule has 0 aromatic heterocycles. The highest BCUT2D eigenvalue weighted by atomic mass is 79.9. The van der Waals surface area contributed by atoms with Gasteiger partial charge < -0.3 is 10.2 Å². The number of aryl methyl sites for hydroxylation is 1. The maximum atomic E-state index is 14.9. The van der Waals surface area contributed by atoms with Crippen LogP contribution in [0.1, 0.15) is 16.7 Å². The number of carbonyl (C=O) groups excluding carboxylic acids is 2. The maximum Gasteiger partial charge on any atom is 0.264 e. The number of hydrogen-bond acceptors (Lipinski definition) is 4. The lowest BCUT2D eigenvalue weighted by molar-refractivity contribution is -0.139. The summed E-state index contributed by atoms with van der Waals surface area (Å²) in [4.78, 5) is 28.7. The van der Waals surface area contributed by atoms with E-state index in [0.29, 0.717) is 4.47 Å². The first-order valence-electron chi connectivity index (χ1n) is 13.2.